The quantitative estimate of drug-likeness (QED) is 0.598. The molecule has 1 aromatic rings. The van der Waals surface area contributed by atoms with Gasteiger partial charge in [0.25, 0.3) is 5.69 Å². The third kappa shape index (κ3) is 5.76. The number of nitro benzene ring substituents is 1. The third-order valence-electron chi connectivity index (χ3n) is 3.07. The average Bonchev–Trinajstić information content (AvgIpc) is 2.46. The zero-order chi connectivity index (χ0) is 16.0. The van der Waals surface area contributed by atoms with E-state index in [0.29, 0.717) is 10.6 Å². The summed E-state index contributed by atoms with van der Waals surface area (Å²) >= 11 is 6.00. The molecule has 0 bridgehead atoms. The van der Waals surface area contributed by atoms with Gasteiger partial charge in [0, 0.05) is 44.4 Å². The van der Waals surface area contributed by atoms with E-state index in [1.807, 2.05) is 0 Å². The molecule has 0 radical (unpaired) electrons. The Bertz CT molecular complexity index is 524. The molecule has 0 spiro atoms. The molecule has 1 atom stereocenters. The minimum atomic E-state index is -0.503. The molecule has 0 aliphatic carbocycles. The number of benzene rings is 1. The maximum absolute atomic E-state index is 12.0. The van der Waals surface area contributed by atoms with Crippen molar-refractivity contribution < 1.29 is 14.5 Å². The summed E-state index contributed by atoms with van der Waals surface area (Å²) < 4.78 is 5.06. The molecule has 0 heterocycles. The number of nitrogens with zero attached hydrogens (tertiary/aromatic N) is 2. The Morgan fingerprint density at radius 2 is 2.18 bits per heavy atom. The molecule has 124 valence electrons. The van der Waals surface area contributed by atoms with Crippen LogP contribution in [-0.2, 0) is 16.1 Å². The van der Waals surface area contributed by atoms with Crippen LogP contribution in [0.3, 0.4) is 0 Å². The lowest BCUT2D eigenvalue weighted by Crippen LogP contribution is -2.33. The van der Waals surface area contributed by atoms with Crippen molar-refractivity contribution in [2.45, 2.75) is 19.1 Å². The number of amides is 1. The smallest absolute Gasteiger partial charge is 0.269 e. The molecule has 1 unspecified atom stereocenters. The van der Waals surface area contributed by atoms with Crippen LogP contribution in [0, 0.1) is 10.1 Å². The molecule has 1 rings (SSSR count). The molecule has 0 aliphatic rings. The van der Waals surface area contributed by atoms with Gasteiger partial charge >= 0.3 is 0 Å². The molecule has 9 heteroatoms. The Hall–Kier alpha value is -1.41. The molecule has 0 saturated heterocycles. The van der Waals surface area contributed by atoms with Crippen molar-refractivity contribution in [3.05, 3.63) is 38.9 Å². The van der Waals surface area contributed by atoms with Crippen LogP contribution in [0.1, 0.15) is 12.0 Å². The molecule has 0 aliphatic heterocycles. The van der Waals surface area contributed by atoms with E-state index in [1.165, 1.54) is 30.2 Å². The lowest BCUT2D eigenvalue weighted by Gasteiger charge is -2.20. The number of carbonyl (C=O) groups is 1. The molecule has 22 heavy (non-hydrogen) atoms. The van der Waals surface area contributed by atoms with Crippen LogP contribution in [0.15, 0.2) is 18.2 Å². The second kappa shape index (κ2) is 9.58. The molecule has 1 aromatic carbocycles. The lowest BCUT2D eigenvalue weighted by molar-refractivity contribution is -0.384. The van der Waals surface area contributed by atoms with Gasteiger partial charge in [-0.3, -0.25) is 14.9 Å². The van der Waals surface area contributed by atoms with Crippen molar-refractivity contribution in [3.8, 4) is 0 Å². The summed E-state index contributed by atoms with van der Waals surface area (Å²) in [5.74, 6) is -0.171. The maximum atomic E-state index is 12.0. The van der Waals surface area contributed by atoms with E-state index in [1.54, 1.807) is 7.05 Å². The number of carbonyl (C=O) groups excluding carboxylic acids is 1. The number of non-ortho nitro benzene ring substituents is 1. The minimum absolute atomic E-state index is 0. The Morgan fingerprint density at radius 1 is 1.55 bits per heavy atom. The van der Waals surface area contributed by atoms with Crippen LogP contribution in [0.4, 0.5) is 5.69 Å². The van der Waals surface area contributed by atoms with Gasteiger partial charge < -0.3 is 15.4 Å². The first-order valence-electron chi connectivity index (χ1n) is 6.28. The van der Waals surface area contributed by atoms with E-state index in [9.17, 15) is 14.9 Å². The fourth-order valence-corrected chi connectivity index (χ4v) is 1.93. The highest BCUT2D eigenvalue weighted by Crippen LogP contribution is 2.23. The minimum Gasteiger partial charge on any atom is -0.380 e. The topological polar surface area (TPSA) is 98.7 Å². The van der Waals surface area contributed by atoms with Gasteiger partial charge in [-0.2, -0.15) is 0 Å². The van der Waals surface area contributed by atoms with Crippen LogP contribution in [0.25, 0.3) is 0 Å². The summed E-state index contributed by atoms with van der Waals surface area (Å²) in [6.07, 6.45) is -0.198. The predicted molar refractivity (Wildman–Crippen MR) is 86.3 cm³/mol. The van der Waals surface area contributed by atoms with E-state index in [-0.39, 0.29) is 49.6 Å². The Labute approximate surface area is 139 Å². The van der Waals surface area contributed by atoms with Gasteiger partial charge in [-0.25, -0.2) is 0 Å². The van der Waals surface area contributed by atoms with Crippen molar-refractivity contribution in [3.63, 3.8) is 0 Å². The lowest BCUT2D eigenvalue weighted by atomic mass is 10.1. The summed E-state index contributed by atoms with van der Waals surface area (Å²) in [6, 6.07) is 4.14. The largest absolute Gasteiger partial charge is 0.380 e. The van der Waals surface area contributed by atoms with E-state index >= 15 is 0 Å². The number of halogens is 2. The Kier molecular flexibility index (Phi) is 8.96. The fourth-order valence-electron chi connectivity index (χ4n) is 1.75. The molecule has 0 aromatic heterocycles. The second-order valence-electron chi connectivity index (χ2n) is 4.58. The number of hydrogen-bond donors (Lipinski definition) is 1. The highest BCUT2D eigenvalue weighted by molar-refractivity contribution is 6.31. The predicted octanol–water partition coefficient (Wildman–Crippen LogP) is 1.99. The number of nitrogens with two attached hydrogens (primary N) is 1. The first kappa shape index (κ1) is 20.6. The summed E-state index contributed by atoms with van der Waals surface area (Å²) in [5.41, 5.74) is 5.92. The van der Waals surface area contributed by atoms with E-state index in [0.717, 1.165) is 0 Å². The van der Waals surface area contributed by atoms with Gasteiger partial charge in [0.05, 0.1) is 17.4 Å². The Morgan fingerprint density at radius 3 is 2.68 bits per heavy atom. The summed E-state index contributed by atoms with van der Waals surface area (Å²) in [6.45, 7) is 0.425. The van der Waals surface area contributed by atoms with Crippen molar-refractivity contribution >= 4 is 35.6 Å². The first-order chi connectivity index (χ1) is 9.88. The number of rotatable bonds is 7. The number of ether oxygens (including phenoxy) is 1. The van der Waals surface area contributed by atoms with Crippen molar-refractivity contribution in [1.82, 2.24) is 4.90 Å². The van der Waals surface area contributed by atoms with Crippen LogP contribution >= 0.6 is 24.0 Å². The van der Waals surface area contributed by atoms with Crippen LogP contribution < -0.4 is 5.73 Å². The molecule has 0 saturated carbocycles. The van der Waals surface area contributed by atoms with Crippen LogP contribution in [0.5, 0.6) is 0 Å². The van der Waals surface area contributed by atoms with Crippen molar-refractivity contribution in [2.75, 3.05) is 20.7 Å². The molecular formula is C13H19Cl2N3O4. The second-order valence-corrected chi connectivity index (χ2v) is 4.99. The van der Waals surface area contributed by atoms with Crippen LogP contribution in [0.2, 0.25) is 5.02 Å². The summed E-state index contributed by atoms with van der Waals surface area (Å²) in [4.78, 5) is 23.7. The van der Waals surface area contributed by atoms with Gasteiger partial charge in [0.1, 0.15) is 0 Å². The van der Waals surface area contributed by atoms with E-state index in [4.69, 9.17) is 22.1 Å². The SMILES string of the molecule is COC(CN)CC(=O)N(C)Cc1cc([N+](=O)[O-])ccc1Cl.Cl. The molecule has 0 fully saturated rings. The van der Waals surface area contributed by atoms with Crippen LogP contribution in [-0.4, -0.2) is 42.5 Å². The zero-order valence-electron chi connectivity index (χ0n) is 12.3. The molecule has 2 N–H and O–H groups in total. The molecule has 7 nitrogen and oxygen atoms in total. The molecule has 1 amide bonds. The highest BCUT2D eigenvalue weighted by Gasteiger charge is 2.17. The maximum Gasteiger partial charge on any atom is 0.269 e. The van der Waals surface area contributed by atoms with Gasteiger partial charge in [0.15, 0.2) is 0 Å². The van der Waals surface area contributed by atoms with Gasteiger partial charge in [-0.1, -0.05) is 11.6 Å². The summed E-state index contributed by atoms with van der Waals surface area (Å²) in [5, 5.41) is 11.1. The zero-order valence-corrected chi connectivity index (χ0v) is 13.9. The van der Waals surface area contributed by atoms with E-state index in [2.05, 4.69) is 0 Å². The van der Waals surface area contributed by atoms with Gasteiger partial charge in [0.2, 0.25) is 5.91 Å². The van der Waals surface area contributed by atoms with Crippen molar-refractivity contribution in [2.24, 2.45) is 5.73 Å². The average molecular weight is 352 g/mol. The normalized spacial score (nSPS) is 11.5. The monoisotopic (exact) mass is 351 g/mol. The third-order valence-corrected chi connectivity index (χ3v) is 3.44. The van der Waals surface area contributed by atoms with E-state index < -0.39 is 4.92 Å². The van der Waals surface area contributed by atoms with Crippen molar-refractivity contribution in [1.29, 1.82) is 0 Å². The Balaban J connectivity index is 0.00000441. The standard InChI is InChI=1S/C13H18ClN3O4.ClH/c1-16(13(18)6-11(7-15)21-2)8-9-5-10(17(19)20)3-4-12(9)14;/h3-5,11H,6-8,15H2,1-2H3;1H. The fraction of sp³-hybridized carbons (Fsp3) is 0.462. The van der Waals surface area contributed by atoms with Gasteiger partial charge in [-0.05, 0) is 11.6 Å². The number of hydrogen-bond acceptors (Lipinski definition) is 5. The highest BCUT2D eigenvalue weighted by atomic mass is 35.5. The number of nitro groups is 1. The molecular weight excluding hydrogens is 333 g/mol. The summed E-state index contributed by atoms with van der Waals surface area (Å²) in [7, 11) is 3.09. The number of methoxy groups -OCH3 is 1. The first-order valence-corrected chi connectivity index (χ1v) is 6.66. The van der Waals surface area contributed by atoms with Gasteiger partial charge in [-0.15, -0.1) is 12.4 Å².